The van der Waals surface area contributed by atoms with E-state index >= 15 is 0 Å². The van der Waals surface area contributed by atoms with Crippen LogP contribution in [0, 0.1) is 11.6 Å². The maximum atomic E-state index is 13.9. The molecule has 3 aromatic carbocycles. The lowest BCUT2D eigenvalue weighted by Crippen LogP contribution is -2.13. The quantitative estimate of drug-likeness (QED) is 0.221. The summed E-state index contributed by atoms with van der Waals surface area (Å²) in [6.45, 7) is 0. The van der Waals surface area contributed by atoms with E-state index in [-0.39, 0.29) is 22.8 Å². The van der Waals surface area contributed by atoms with Crippen molar-refractivity contribution in [2.75, 3.05) is 25.3 Å². The number of hydrogen-bond donors (Lipinski definition) is 1. The standard InChI is InChI=1S/C26H21F2N3O4S/c1-33-19-12-17(13-20(14-19)34-2)7-6-16-8-10-18(11-9-16)29-23(32)15-36-26-31-30-25(35-26)24-21(27)4-3-5-22(24)28/h3-14H,15H2,1-2H3,(H,29,32)/b7-6+. The monoisotopic (exact) mass is 509 g/mol. The molecule has 0 atom stereocenters. The molecule has 0 aliphatic rings. The molecule has 184 valence electrons. The molecule has 7 nitrogen and oxygen atoms in total. The molecule has 4 rings (SSSR count). The second-order valence-corrected chi connectivity index (χ2v) is 8.33. The zero-order chi connectivity index (χ0) is 25.5. The van der Waals surface area contributed by atoms with Gasteiger partial charge in [0.25, 0.3) is 11.1 Å². The number of nitrogens with zero attached hydrogens (tertiary/aromatic N) is 2. The van der Waals surface area contributed by atoms with E-state index in [2.05, 4.69) is 15.5 Å². The van der Waals surface area contributed by atoms with E-state index in [0.717, 1.165) is 35.0 Å². The fraction of sp³-hybridized carbons (Fsp3) is 0.115. The number of nitrogens with one attached hydrogen (secondary N) is 1. The normalized spacial score (nSPS) is 11.0. The van der Waals surface area contributed by atoms with Crippen LogP contribution >= 0.6 is 11.8 Å². The molecule has 4 aromatic rings. The average molecular weight is 510 g/mol. The third-order valence-electron chi connectivity index (χ3n) is 4.95. The number of anilines is 1. The molecule has 0 aliphatic carbocycles. The van der Waals surface area contributed by atoms with Gasteiger partial charge in [0.15, 0.2) is 0 Å². The first-order valence-corrected chi connectivity index (χ1v) is 11.7. The molecule has 0 saturated carbocycles. The van der Waals surface area contributed by atoms with Gasteiger partial charge in [-0.25, -0.2) is 8.78 Å². The van der Waals surface area contributed by atoms with Gasteiger partial charge in [-0.1, -0.05) is 42.1 Å². The van der Waals surface area contributed by atoms with Gasteiger partial charge >= 0.3 is 0 Å². The number of hydrogen-bond acceptors (Lipinski definition) is 7. The van der Waals surface area contributed by atoms with Crippen molar-refractivity contribution in [3.8, 4) is 23.0 Å². The number of thioether (sulfide) groups is 1. The number of benzene rings is 3. The van der Waals surface area contributed by atoms with Gasteiger partial charge in [0, 0.05) is 11.8 Å². The van der Waals surface area contributed by atoms with Crippen molar-refractivity contribution in [2.45, 2.75) is 5.22 Å². The molecule has 0 aliphatic heterocycles. The minimum atomic E-state index is -0.811. The van der Waals surface area contributed by atoms with Gasteiger partial charge in [0.2, 0.25) is 5.91 Å². The molecule has 0 saturated heterocycles. The average Bonchev–Trinajstić information content (AvgIpc) is 3.35. The Balaban J connectivity index is 1.32. The van der Waals surface area contributed by atoms with Crippen molar-refractivity contribution in [1.82, 2.24) is 10.2 Å². The van der Waals surface area contributed by atoms with Crippen LogP contribution in [-0.4, -0.2) is 36.1 Å². The largest absolute Gasteiger partial charge is 0.497 e. The first-order chi connectivity index (χ1) is 17.4. The lowest BCUT2D eigenvalue weighted by atomic mass is 10.1. The van der Waals surface area contributed by atoms with E-state index in [1.807, 2.05) is 36.4 Å². The first kappa shape index (κ1) is 24.9. The summed E-state index contributed by atoms with van der Waals surface area (Å²) in [6, 6.07) is 16.3. The van der Waals surface area contributed by atoms with Gasteiger partial charge < -0.3 is 19.2 Å². The summed E-state index contributed by atoms with van der Waals surface area (Å²) in [4.78, 5) is 12.3. The summed E-state index contributed by atoms with van der Waals surface area (Å²) in [7, 11) is 3.19. The van der Waals surface area contributed by atoms with Crippen LogP contribution in [0.2, 0.25) is 0 Å². The Labute approximate surface area is 210 Å². The molecule has 36 heavy (non-hydrogen) atoms. The molecular formula is C26H21F2N3O4S. The van der Waals surface area contributed by atoms with Gasteiger partial charge in [0.1, 0.15) is 28.7 Å². The minimum Gasteiger partial charge on any atom is -0.497 e. The van der Waals surface area contributed by atoms with E-state index in [9.17, 15) is 13.6 Å². The Morgan fingerprint density at radius 3 is 2.22 bits per heavy atom. The summed E-state index contributed by atoms with van der Waals surface area (Å²) >= 11 is 0.961. The zero-order valence-corrected chi connectivity index (χ0v) is 20.1. The molecule has 0 fully saturated rings. The molecule has 10 heteroatoms. The number of aromatic nitrogens is 2. The number of rotatable bonds is 9. The maximum absolute atomic E-state index is 13.9. The summed E-state index contributed by atoms with van der Waals surface area (Å²) in [6.07, 6.45) is 3.86. The highest BCUT2D eigenvalue weighted by molar-refractivity contribution is 7.99. The molecule has 1 heterocycles. The second kappa shape index (κ2) is 11.5. The van der Waals surface area contributed by atoms with Crippen molar-refractivity contribution in [2.24, 2.45) is 0 Å². The number of ether oxygens (including phenoxy) is 2. The topological polar surface area (TPSA) is 86.5 Å². The van der Waals surface area contributed by atoms with Crippen LogP contribution in [0.3, 0.4) is 0 Å². The predicted molar refractivity (Wildman–Crippen MR) is 134 cm³/mol. The Morgan fingerprint density at radius 1 is 0.944 bits per heavy atom. The fourth-order valence-corrected chi connectivity index (χ4v) is 3.75. The summed E-state index contributed by atoms with van der Waals surface area (Å²) in [5.74, 6) is -0.847. The molecule has 0 bridgehead atoms. The Hall–Kier alpha value is -4.18. The Morgan fingerprint density at radius 2 is 1.58 bits per heavy atom. The van der Waals surface area contributed by atoms with Crippen molar-refractivity contribution in [3.05, 3.63) is 83.4 Å². The van der Waals surface area contributed by atoms with Crippen LogP contribution in [0.25, 0.3) is 23.6 Å². The first-order valence-electron chi connectivity index (χ1n) is 10.7. The number of carbonyl (C=O) groups is 1. The van der Waals surface area contributed by atoms with Crippen LogP contribution in [-0.2, 0) is 4.79 Å². The zero-order valence-electron chi connectivity index (χ0n) is 19.3. The third-order valence-corrected chi connectivity index (χ3v) is 5.76. The van der Waals surface area contributed by atoms with E-state index < -0.39 is 17.2 Å². The van der Waals surface area contributed by atoms with Crippen molar-refractivity contribution < 1.29 is 27.5 Å². The van der Waals surface area contributed by atoms with Crippen LogP contribution in [0.5, 0.6) is 11.5 Å². The van der Waals surface area contributed by atoms with Crippen molar-refractivity contribution in [1.29, 1.82) is 0 Å². The Kier molecular flexibility index (Phi) is 7.96. The van der Waals surface area contributed by atoms with Crippen molar-refractivity contribution in [3.63, 3.8) is 0 Å². The highest BCUT2D eigenvalue weighted by Crippen LogP contribution is 2.28. The lowest BCUT2D eigenvalue weighted by molar-refractivity contribution is -0.113. The molecule has 0 unspecified atom stereocenters. The van der Waals surface area contributed by atoms with Gasteiger partial charge in [0.05, 0.1) is 20.0 Å². The smallest absolute Gasteiger partial charge is 0.277 e. The highest BCUT2D eigenvalue weighted by atomic mass is 32.2. The molecule has 0 radical (unpaired) electrons. The van der Waals surface area contributed by atoms with E-state index in [1.54, 1.807) is 32.4 Å². The SMILES string of the molecule is COc1cc(/C=C/c2ccc(NC(=O)CSc3nnc(-c4c(F)cccc4F)o3)cc2)cc(OC)c1. The fourth-order valence-electron chi connectivity index (χ4n) is 3.19. The third kappa shape index (κ3) is 6.28. The number of amides is 1. The Bertz CT molecular complexity index is 1350. The molecule has 1 aromatic heterocycles. The number of carbonyl (C=O) groups excluding carboxylic acids is 1. The van der Waals surface area contributed by atoms with Crippen LogP contribution in [0.4, 0.5) is 14.5 Å². The van der Waals surface area contributed by atoms with Gasteiger partial charge in [-0.3, -0.25) is 4.79 Å². The van der Waals surface area contributed by atoms with Crippen LogP contribution in [0.15, 0.2) is 70.3 Å². The van der Waals surface area contributed by atoms with Gasteiger partial charge in [-0.15, -0.1) is 10.2 Å². The van der Waals surface area contributed by atoms with Crippen LogP contribution < -0.4 is 14.8 Å². The van der Waals surface area contributed by atoms with E-state index in [1.165, 1.54) is 6.07 Å². The number of methoxy groups -OCH3 is 2. The van der Waals surface area contributed by atoms with Gasteiger partial charge in [-0.2, -0.15) is 0 Å². The van der Waals surface area contributed by atoms with Crippen molar-refractivity contribution >= 4 is 35.5 Å². The second-order valence-electron chi connectivity index (χ2n) is 7.41. The highest BCUT2D eigenvalue weighted by Gasteiger charge is 2.18. The molecule has 1 N–H and O–H groups in total. The van der Waals surface area contributed by atoms with E-state index in [0.29, 0.717) is 17.2 Å². The predicted octanol–water partition coefficient (Wildman–Crippen LogP) is 5.93. The summed E-state index contributed by atoms with van der Waals surface area (Å²) in [5.41, 5.74) is 2.06. The summed E-state index contributed by atoms with van der Waals surface area (Å²) < 4.78 is 43.6. The van der Waals surface area contributed by atoms with Gasteiger partial charge in [-0.05, 0) is 47.5 Å². The molecular weight excluding hydrogens is 488 g/mol. The molecule has 0 spiro atoms. The summed E-state index contributed by atoms with van der Waals surface area (Å²) in [5, 5.41) is 10.2. The van der Waals surface area contributed by atoms with E-state index in [4.69, 9.17) is 13.9 Å². The maximum Gasteiger partial charge on any atom is 0.277 e. The van der Waals surface area contributed by atoms with Crippen LogP contribution in [0.1, 0.15) is 11.1 Å². The molecule has 1 amide bonds. The minimum absolute atomic E-state index is 0.0254. The lowest BCUT2D eigenvalue weighted by Gasteiger charge is -2.06. The number of halogens is 2.